The van der Waals surface area contributed by atoms with E-state index in [2.05, 4.69) is 26.3 Å². The molecule has 0 bridgehead atoms. The number of hydrogen-bond acceptors (Lipinski definition) is 2. The van der Waals surface area contributed by atoms with Gasteiger partial charge in [-0.1, -0.05) is 0 Å². The monoisotopic (exact) mass is 165 g/mol. The molecule has 64 valence electrons. The fourth-order valence-corrected chi connectivity index (χ4v) is 0.961. The predicted molar refractivity (Wildman–Crippen MR) is 51.5 cm³/mol. The molecule has 0 aliphatic carbocycles. The van der Waals surface area contributed by atoms with Crippen molar-refractivity contribution in [2.75, 3.05) is 21.1 Å². The molecule has 0 amide bonds. The molecule has 0 radical (unpaired) electrons. The average molecular weight is 165 g/mol. The first-order valence-electron chi connectivity index (χ1n) is 3.79. The molecule has 0 saturated heterocycles. The van der Waals surface area contributed by atoms with Crippen LogP contribution >= 0.6 is 0 Å². The van der Waals surface area contributed by atoms with Crippen LogP contribution in [0.5, 0.6) is 0 Å². The molecule has 0 spiro atoms. The number of quaternary nitrogens is 1. The van der Waals surface area contributed by atoms with Gasteiger partial charge >= 0.3 is 0 Å². The van der Waals surface area contributed by atoms with E-state index < -0.39 is 0 Å². The van der Waals surface area contributed by atoms with Crippen molar-refractivity contribution in [3.8, 4) is 0 Å². The third-order valence-electron chi connectivity index (χ3n) is 1.73. The number of nitrogens with zero attached hydrogens (tertiary/aromatic N) is 2. The Balaban J connectivity index is 3.00. The minimum Gasteiger partial charge on any atom is -0.298 e. The summed E-state index contributed by atoms with van der Waals surface area (Å²) in [6.45, 7) is 0. The summed E-state index contributed by atoms with van der Waals surface area (Å²) in [5, 5.41) is 2.84. The van der Waals surface area contributed by atoms with E-state index in [0.29, 0.717) is 5.69 Å². The minimum absolute atomic E-state index is 0.479. The van der Waals surface area contributed by atoms with Gasteiger partial charge in [0.2, 0.25) is 0 Å². The third-order valence-corrected chi connectivity index (χ3v) is 1.73. The summed E-state index contributed by atoms with van der Waals surface area (Å²) in [6, 6.07) is 7.28. The van der Waals surface area contributed by atoms with Crippen LogP contribution in [0, 0.1) is 4.91 Å². The second kappa shape index (κ2) is 3.03. The second-order valence-corrected chi connectivity index (χ2v) is 3.62. The molecule has 0 aromatic heterocycles. The maximum absolute atomic E-state index is 10.1. The highest BCUT2D eigenvalue weighted by molar-refractivity contribution is 5.49. The van der Waals surface area contributed by atoms with Gasteiger partial charge in [-0.25, -0.2) is 0 Å². The van der Waals surface area contributed by atoms with Crippen LogP contribution in [0.1, 0.15) is 0 Å². The van der Waals surface area contributed by atoms with Gasteiger partial charge in [-0.05, 0) is 17.3 Å². The van der Waals surface area contributed by atoms with Crippen LogP contribution in [0.25, 0.3) is 0 Å². The molecule has 1 rings (SSSR count). The summed E-state index contributed by atoms with van der Waals surface area (Å²) < 4.78 is 0.749. The van der Waals surface area contributed by atoms with Crippen molar-refractivity contribution in [3.05, 3.63) is 29.2 Å². The van der Waals surface area contributed by atoms with Gasteiger partial charge in [-0.3, -0.25) is 4.48 Å². The Morgan fingerprint density at radius 3 is 1.92 bits per heavy atom. The van der Waals surface area contributed by atoms with E-state index in [-0.39, 0.29) is 0 Å². The van der Waals surface area contributed by atoms with Crippen molar-refractivity contribution < 1.29 is 0 Å². The van der Waals surface area contributed by atoms with Gasteiger partial charge in [0.25, 0.3) is 0 Å². The first-order chi connectivity index (χ1) is 5.54. The molecule has 3 heteroatoms. The fourth-order valence-electron chi connectivity index (χ4n) is 0.961. The van der Waals surface area contributed by atoms with Crippen LogP contribution in [-0.4, -0.2) is 21.1 Å². The highest BCUT2D eigenvalue weighted by Gasteiger charge is 2.10. The third kappa shape index (κ3) is 1.89. The van der Waals surface area contributed by atoms with Crippen molar-refractivity contribution >= 4 is 11.4 Å². The highest BCUT2D eigenvalue weighted by Crippen LogP contribution is 2.20. The Morgan fingerprint density at radius 2 is 1.58 bits per heavy atom. The van der Waals surface area contributed by atoms with Gasteiger partial charge < -0.3 is 0 Å². The molecular formula is C9H13N2O+. The summed E-state index contributed by atoms with van der Waals surface area (Å²) in [6.07, 6.45) is 0. The molecule has 0 unspecified atom stereocenters. The quantitative estimate of drug-likeness (QED) is 0.488. The first-order valence-corrected chi connectivity index (χ1v) is 3.79. The standard InChI is InChI=1S/C9H13N2O/c1-11(2,3)9-6-4-8(10-12)5-7-9/h4-7H,1-3H3/q+1. The second-order valence-electron chi connectivity index (χ2n) is 3.62. The van der Waals surface area contributed by atoms with Crippen molar-refractivity contribution in [2.24, 2.45) is 5.18 Å². The summed E-state index contributed by atoms with van der Waals surface area (Å²) >= 11 is 0. The molecule has 0 fully saturated rings. The Bertz CT molecular complexity index is 272. The van der Waals surface area contributed by atoms with Crippen molar-refractivity contribution in [3.63, 3.8) is 0 Å². The highest BCUT2D eigenvalue weighted by atomic mass is 16.3. The predicted octanol–water partition coefficient (Wildman–Crippen LogP) is 2.28. The molecule has 12 heavy (non-hydrogen) atoms. The molecule has 0 atom stereocenters. The number of nitroso groups, excluding NO2 is 1. The number of rotatable bonds is 2. The van der Waals surface area contributed by atoms with Crippen LogP contribution in [0.3, 0.4) is 0 Å². The molecule has 3 nitrogen and oxygen atoms in total. The Hall–Kier alpha value is -1.22. The summed E-state index contributed by atoms with van der Waals surface area (Å²) in [5.41, 5.74) is 1.63. The zero-order valence-corrected chi connectivity index (χ0v) is 7.61. The van der Waals surface area contributed by atoms with Gasteiger partial charge in [-0.2, -0.15) is 0 Å². The Morgan fingerprint density at radius 1 is 1.08 bits per heavy atom. The van der Waals surface area contributed by atoms with Crippen molar-refractivity contribution in [1.29, 1.82) is 0 Å². The lowest BCUT2D eigenvalue weighted by Crippen LogP contribution is -2.34. The van der Waals surface area contributed by atoms with Crippen molar-refractivity contribution in [1.82, 2.24) is 4.48 Å². The normalized spacial score (nSPS) is 11.2. The van der Waals surface area contributed by atoms with Gasteiger partial charge in [0, 0.05) is 12.1 Å². The zero-order valence-electron chi connectivity index (χ0n) is 7.61. The summed E-state index contributed by atoms with van der Waals surface area (Å²) in [7, 11) is 6.22. The first kappa shape index (κ1) is 8.87. The number of benzene rings is 1. The lowest BCUT2D eigenvalue weighted by molar-refractivity contribution is 0.486. The van der Waals surface area contributed by atoms with Gasteiger partial charge in [0.05, 0.1) is 21.1 Å². The molecule has 0 heterocycles. The van der Waals surface area contributed by atoms with E-state index in [4.69, 9.17) is 0 Å². The van der Waals surface area contributed by atoms with E-state index >= 15 is 0 Å². The molecule has 0 saturated carbocycles. The van der Waals surface area contributed by atoms with Crippen LogP contribution in [-0.2, 0) is 0 Å². The molecule has 0 aliphatic rings. The maximum Gasteiger partial charge on any atom is 0.132 e. The van der Waals surface area contributed by atoms with E-state index in [1.807, 2.05) is 12.1 Å². The lowest BCUT2D eigenvalue weighted by Gasteiger charge is -2.22. The van der Waals surface area contributed by atoms with E-state index in [9.17, 15) is 4.91 Å². The fraction of sp³-hybridized carbons (Fsp3) is 0.333. The molecular weight excluding hydrogens is 152 g/mol. The smallest absolute Gasteiger partial charge is 0.132 e. The summed E-state index contributed by atoms with van der Waals surface area (Å²) in [5.74, 6) is 0. The average Bonchev–Trinajstić information content (AvgIpc) is 2.03. The van der Waals surface area contributed by atoms with Gasteiger partial charge in [0.15, 0.2) is 0 Å². The van der Waals surface area contributed by atoms with Crippen LogP contribution in [0.15, 0.2) is 29.4 Å². The van der Waals surface area contributed by atoms with E-state index in [1.54, 1.807) is 12.1 Å². The van der Waals surface area contributed by atoms with E-state index in [0.717, 1.165) is 10.2 Å². The largest absolute Gasteiger partial charge is 0.298 e. The van der Waals surface area contributed by atoms with E-state index in [1.165, 1.54) is 0 Å². The Labute approximate surface area is 72.2 Å². The SMILES string of the molecule is C[N+](C)(C)c1ccc(N=O)cc1. The van der Waals surface area contributed by atoms with Crippen molar-refractivity contribution in [2.45, 2.75) is 0 Å². The number of hydrogen-bond donors (Lipinski definition) is 0. The van der Waals surface area contributed by atoms with Gasteiger partial charge in [0.1, 0.15) is 11.4 Å². The minimum atomic E-state index is 0.479. The maximum atomic E-state index is 10.1. The van der Waals surface area contributed by atoms with Crippen LogP contribution < -0.4 is 4.48 Å². The Kier molecular flexibility index (Phi) is 2.24. The van der Waals surface area contributed by atoms with Gasteiger partial charge in [-0.15, -0.1) is 4.91 Å². The molecule has 0 N–H and O–H groups in total. The molecule has 0 aliphatic heterocycles. The topological polar surface area (TPSA) is 29.4 Å². The van der Waals surface area contributed by atoms with Crippen LogP contribution in [0.2, 0.25) is 0 Å². The summed E-state index contributed by atoms with van der Waals surface area (Å²) in [4.78, 5) is 10.1. The molecule has 1 aromatic rings. The lowest BCUT2D eigenvalue weighted by atomic mass is 10.2. The molecule has 1 aromatic carbocycles. The zero-order chi connectivity index (χ0) is 9.19. The van der Waals surface area contributed by atoms with Crippen LogP contribution in [0.4, 0.5) is 11.4 Å².